The topological polar surface area (TPSA) is 80.9 Å². The fraction of sp³-hybridized carbons (Fsp3) is 1.00. The maximum atomic E-state index is 11.0. The van der Waals surface area contributed by atoms with E-state index in [2.05, 4.69) is 20.8 Å². The van der Waals surface area contributed by atoms with Crippen molar-refractivity contribution in [1.82, 2.24) is 0 Å². The van der Waals surface area contributed by atoms with Crippen molar-refractivity contribution in [2.45, 2.75) is 123 Å². The summed E-state index contributed by atoms with van der Waals surface area (Å²) in [6.45, 7) is 10.4. The maximum absolute atomic E-state index is 11.0. The van der Waals surface area contributed by atoms with Crippen molar-refractivity contribution < 1.29 is 20.4 Å². The molecule has 11 atom stereocenters. The summed E-state index contributed by atoms with van der Waals surface area (Å²) in [6.07, 6.45) is 9.47. The first-order valence-corrected chi connectivity index (χ1v) is 13.1. The van der Waals surface area contributed by atoms with Crippen LogP contribution in [0.5, 0.6) is 0 Å². The predicted octanol–water partition coefficient (Wildman–Crippen LogP) is 4.53. The van der Waals surface area contributed by atoms with Crippen molar-refractivity contribution in [3.8, 4) is 0 Å². The molecule has 0 aliphatic heterocycles. The van der Waals surface area contributed by atoms with Crippen LogP contribution in [0.1, 0.15) is 98.8 Å². The number of aliphatic hydroxyl groups is 4. The zero-order chi connectivity index (χ0) is 22.8. The van der Waals surface area contributed by atoms with Gasteiger partial charge in [0.05, 0.1) is 23.9 Å². The van der Waals surface area contributed by atoms with Crippen LogP contribution in [0.2, 0.25) is 0 Å². The standard InChI is InChI=1S/C27H48O4/c1-16(23(29)15-24(30)25(2,3)31)20-8-9-21-19-7-6-17-14-18(28)10-12-26(17,4)22(19)11-13-27(20,21)5/h16-24,28-31H,6-15H2,1-5H3/t16?,17?,18-,19?,20+,21?,22?,23-,24?,26-,27+/m0/s1. The van der Waals surface area contributed by atoms with E-state index in [-0.39, 0.29) is 23.9 Å². The second kappa shape index (κ2) is 8.25. The minimum Gasteiger partial charge on any atom is -0.393 e. The summed E-state index contributed by atoms with van der Waals surface area (Å²) in [5.41, 5.74) is -0.495. The summed E-state index contributed by atoms with van der Waals surface area (Å²) in [4.78, 5) is 0. The quantitative estimate of drug-likeness (QED) is 0.511. The van der Waals surface area contributed by atoms with Crippen molar-refractivity contribution in [1.29, 1.82) is 0 Å². The third-order valence-corrected chi connectivity index (χ3v) is 11.2. The van der Waals surface area contributed by atoms with Crippen molar-refractivity contribution in [2.75, 3.05) is 0 Å². The Labute approximate surface area is 189 Å². The molecule has 4 rings (SSSR count). The Hall–Kier alpha value is -0.160. The molecule has 31 heavy (non-hydrogen) atoms. The predicted molar refractivity (Wildman–Crippen MR) is 123 cm³/mol. The Bertz CT molecular complexity index is 644. The molecular formula is C27H48O4. The molecule has 4 saturated carbocycles. The van der Waals surface area contributed by atoms with Gasteiger partial charge in [0.25, 0.3) is 0 Å². The van der Waals surface area contributed by atoms with Gasteiger partial charge in [0.2, 0.25) is 0 Å². The summed E-state index contributed by atoms with van der Waals surface area (Å²) in [7, 11) is 0. The molecular weight excluding hydrogens is 388 g/mol. The van der Waals surface area contributed by atoms with Gasteiger partial charge in [0.1, 0.15) is 0 Å². The van der Waals surface area contributed by atoms with Gasteiger partial charge in [-0.2, -0.15) is 0 Å². The third-order valence-electron chi connectivity index (χ3n) is 11.2. The first-order chi connectivity index (χ1) is 14.4. The Kier molecular flexibility index (Phi) is 6.38. The van der Waals surface area contributed by atoms with Crippen molar-refractivity contribution in [3.05, 3.63) is 0 Å². The molecule has 6 unspecified atom stereocenters. The summed E-state index contributed by atoms with van der Waals surface area (Å²) >= 11 is 0. The molecule has 0 saturated heterocycles. The highest BCUT2D eigenvalue weighted by molar-refractivity contribution is 5.10. The molecule has 0 amide bonds. The molecule has 0 spiro atoms. The van der Waals surface area contributed by atoms with Gasteiger partial charge in [0, 0.05) is 6.42 Å². The van der Waals surface area contributed by atoms with E-state index in [4.69, 9.17) is 0 Å². The lowest BCUT2D eigenvalue weighted by atomic mass is 9.44. The fourth-order valence-corrected chi connectivity index (χ4v) is 9.14. The lowest BCUT2D eigenvalue weighted by molar-refractivity contribution is -0.134. The van der Waals surface area contributed by atoms with Crippen molar-refractivity contribution >= 4 is 0 Å². The van der Waals surface area contributed by atoms with E-state index < -0.39 is 17.8 Å². The molecule has 4 aliphatic carbocycles. The highest BCUT2D eigenvalue weighted by atomic mass is 16.3. The van der Waals surface area contributed by atoms with Crippen LogP contribution in [0.15, 0.2) is 0 Å². The Balaban J connectivity index is 1.48. The van der Waals surface area contributed by atoms with Crippen LogP contribution in [-0.2, 0) is 0 Å². The smallest absolute Gasteiger partial charge is 0.0850 e. The monoisotopic (exact) mass is 436 g/mol. The first kappa shape index (κ1) is 24.0. The fourth-order valence-electron chi connectivity index (χ4n) is 9.14. The molecule has 4 N–H and O–H groups in total. The molecule has 0 bridgehead atoms. The first-order valence-electron chi connectivity index (χ1n) is 13.1. The van der Waals surface area contributed by atoms with Gasteiger partial charge in [-0.1, -0.05) is 20.8 Å². The van der Waals surface area contributed by atoms with Gasteiger partial charge < -0.3 is 20.4 Å². The van der Waals surface area contributed by atoms with Gasteiger partial charge in [-0.15, -0.1) is 0 Å². The number of fused-ring (bicyclic) bond motifs is 5. The van der Waals surface area contributed by atoms with Crippen LogP contribution in [-0.4, -0.2) is 44.3 Å². The van der Waals surface area contributed by atoms with E-state index in [0.717, 1.165) is 30.6 Å². The number of aliphatic hydroxyl groups excluding tert-OH is 3. The largest absolute Gasteiger partial charge is 0.393 e. The Morgan fingerprint density at radius 3 is 2.23 bits per heavy atom. The van der Waals surface area contributed by atoms with Gasteiger partial charge in [-0.3, -0.25) is 0 Å². The number of hydrogen-bond acceptors (Lipinski definition) is 4. The maximum Gasteiger partial charge on any atom is 0.0850 e. The van der Waals surface area contributed by atoms with Crippen molar-refractivity contribution in [2.24, 2.45) is 46.3 Å². The highest BCUT2D eigenvalue weighted by Crippen LogP contribution is 2.68. The van der Waals surface area contributed by atoms with Crippen LogP contribution < -0.4 is 0 Å². The second-order valence-electron chi connectivity index (χ2n) is 13.1. The van der Waals surface area contributed by atoms with E-state index in [1.165, 1.54) is 44.9 Å². The van der Waals surface area contributed by atoms with Crippen LogP contribution in [0, 0.1) is 46.3 Å². The average Bonchev–Trinajstić information content (AvgIpc) is 3.04. The lowest BCUT2D eigenvalue weighted by Gasteiger charge is -2.61. The average molecular weight is 437 g/mol. The third kappa shape index (κ3) is 4.02. The molecule has 4 nitrogen and oxygen atoms in total. The summed E-state index contributed by atoms with van der Waals surface area (Å²) in [6, 6.07) is 0. The zero-order valence-electron chi connectivity index (χ0n) is 20.6. The van der Waals surface area contributed by atoms with Crippen LogP contribution >= 0.6 is 0 Å². The SMILES string of the molecule is CC([C@H]1CCC2C3CCC4C[C@@H](O)CC[C@]4(C)C3CC[C@@]21C)[C@@H](O)CC(O)C(C)(C)O. The molecule has 0 aromatic carbocycles. The van der Waals surface area contributed by atoms with Crippen LogP contribution in [0.3, 0.4) is 0 Å². The molecule has 0 aromatic heterocycles. The van der Waals surface area contributed by atoms with Gasteiger partial charge in [-0.25, -0.2) is 0 Å². The molecule has 4 aliphatic rings. The van der Waals surface area contributed by atoms with Crippen LogP contribution in [0.4, 0.5) is 0 Å². The molecule has 0 heterocycles. The van der Waals surface area contributed by atoms with Gasteiger partial charge in [-0.05, 0) is 118 Å². The molecule has 180 valence electrons. The van der Waals surface area contributed by atoms with E-state index >= 15 is 0 Å². The molecule has 4 heteroatoms. The summed E-state index contributed by atoms with van der Waals surface area (Å²) in [5.74, 6) is 3.67. The van der Waals surface area contributed by atoms with Gasteiger partial charge in [0.15, 0.2) is 0 Å². The Morgan fingerprint density at radius 2 is 1.55 bits per heavy atom. The van der Waals surface area contributed by atoms with E-state index in [9.17, 15) is 20.4 Å². The highest BCUT2D eigenvalue weighted by Gasteiger charge is 2.61. The van der Waals surface area contributed by atoms with E-state index in [0.29, 0.717) is 17.3 Å². The Morgan fingerprint density at radius 1 is 0.903 bits per heavy atom. The minimum atomic E-state index is -1.18. The van der Waals surface area contributed by atoms with E-state index in [1.807, 2.05) is 0 Å². The molecule has 0 aromatic rings. The molecule has 4 fully saturated rings. The zero-order valence-corrected chi connectivity index (χ0v) is 20.6. The number of hydrogen-bond donors (Lipinski definition) is 4. The van der Waals surface area contributed by atoms with E-state index in [1.54, 1.807) is 13.8 Å². The van der Waals surface area contributed by atoms with Crippen molar-refractivity contribution in [3.63, 3.8) is 0 Å². The normalized spacial score (nSPS) is 48.3. The van der Waals surface area contributed by atoms with Gasteiger partial charge >= 0.3 is 0 Å². The number of rotatable bonds is 5. The lowest BCUT2D eigenvalue weighted by Crippen LogP contribution is -2.54. The van der Waals surface area contributed by atoms with Crippen LogP contribution in [0.25, 0.3) is 0 Å². The second-order valence-corrected chi connectivity index (χ2v) is 13.1. The summed E-state index contributed by atoms with van der Waals surface area (Å²) in [5, 5.41) is 41.7. The molecule has 0 radical (unpaired) electrons. The minimum absolute atomic E-state index is 0.0825. The summed E-state index contributed by atoms with van der Waals surface area (Å²) < 4.78 is 0.